The van der Waals surface area contributed by atoms with E-state index in [0.29, 0.717) is 6.42 Å². The van der Waals surface area contributed by atoms with Crippen molar-refractivity contribution in [3.05, 3.63) is 0 Å². The van der Waals surface area contributed by atoms with Gasteiger partial charge in [0.05, 0.1) is 13.5 Å². The number of methoxy groups -OCH3 is 1. The van der Waals surface area contributed by atoms with Gasteiger partial charge < -0.3 is 4.74 Å². The SMILES string of the molecule is CCC(=O)[C@H](C)CC(=O)OC. The molecular weight excluding hydrogens is 144 g/mol. The molecule has 11 heavy (non-hydrogen) atoms. The van der Waals surface area contributed by atoms with Gasteiger partial charge in [-0.15, -0.1) is 0 Å². The molecule has 0 N–H and O–H groups in total. The van der Waals surface area contributed by atoms with Crippen molar-refractivity contribution in [2.24, 2.45) is 5.92 Å². The summed E-state index contributed by atoms with van der Waals surface area (Å²) in [6.07, 6.45) is 0.682. The highest BCUT2D eigenvalue weighted by molar-refractivity contribution is 5.84. The van der Waals surface area contributed by atoms with E-state index in [4.69, 9.17) is 0 Å². The minimum absolute atomic E-state index is 0.107. The van der Waals surface area contributed by atoms with Gasteiger partial charge in [-0.2, -0.15) is 0 Å². The van der Waals surface area contributed by atoms with Crippen LogP contribution in [0.3, 0.4) is 0 Å². The van der Waals surface area contributed by atoms with Gasteiger partial charge in [-0.25, -0.2) is 0 Å². The van der Waals surface area contributed by atoms with Crippen LogP contribution in [0.25, 0.3) is 0 Å². The molecule has 0 unspecified atom stereocenters. The van der Waals surface area contributed by atoms with Crippen molar-refractivity contribution in [3.8, 4) is 0 Å². The molecule has 0 radical (unpaired) electrons. The summed E-state index contributed by atoms with van der Waals surface area (Å²) in [6.45, 7) is 3.53. The molecule has 0 fully saturated rings. The summed E-state index contributed by atoms with van der Waals surface area (Å²) >= 11 is 0. The molecule has 3 heteroatoms. The second kappa shape index (κ2) is 4.88. The predicted molar refractivity (Wildman–Crippen MR) is 41.1 cm³/mol. The second-order valence-electron chi connectivity index (χ2n) is 2.50. The first-order chi connectivity index (χ1) is 5.11. The van der Waals surface area contributed by atoms with Crippen LogP contribution in [-0.4, -0.2) is 18.9 Å². The van der Waals surface area contributed by atoms with E-state index in [1.807, 2.05) is 0 Å². The zero-order chi connectivity index (χ0) is 8.85. The molecule has 0 aliphatic carbocycles. The molecule has 0 aliphatic heterocycles. The van der Waals surface area contributed by atoms with Gasteiger partial charge in [0, 0.05) is 12.3 Å². The first-order valence-corrected chi connectivity index (χ1v) is 3.71. The van der Waals surface area contributed by atoms with Gasteiger partial charge in [0.25, 0.3) is 0 Å². The second-order valence-corrected chi connectivity index (χ2v) is 2.50. The third-order valence-electron chi connectivity index (χ3n) is 1.60. The average Bonchev–Trinajstić information content (AvgIpc) is 2.02. The third-order valence-corrected chi connectivity index (χ3v) is 1.60. The lowest BCUT2D eigenvalue weighted by molar-refractivity contribution is -0.143. The molecule has 0 heterocycles. The number of carbonyl (C=O) groups excluding carboxylic acids is 2. The molecule has 0 aromatic carbocycles. The van der Waals surface area contributed by atoms with E-state index in [0.717, 1.165) is 0 Å². The number of esters is 1. The largest absolute Gasteiger partial charge is 0.469 e. The van der Waals surface area contributed by atoms with Crippen LogP contribution in [0.5, 0.6) is 0 Å². The van der Waals surface area contributed by atoms with E-state index in [2.05, 4.69) is 4.74 Å². The van der Waals surface area contributed by atoms with Crippen LogP contribution in [0.15, 0.2) is 0 Å². The number of ketones is 1. The van der Waals surface area contributed by atoms with Gasteiger partial charge in [-0.05, 0) is 0 Å². The highest BCUT2D eigenvalue weighted by Crippen LogP contribution is 2.06. The van der Waals surface area contributed by atoms with Crippen LogP contribution in [-0.2, 0) is 14.3 Å². The van der Waals surface area contributed by atoms with Crippen LogP contribution in [0, 0.1) is 5.92 Å². The zero-order valence-electron chi connectivity index (χ0n) is 7.22. The van der Waals surface area contributed by atoms with E-state index >= 15 is 0 Å². The van der Waals surface area contributed by atoms with Crippen LogP contribution in [0.1, 0.15) is 26.7 Å². The number of carbonyl (C=O) groups is 2. The summed E-state index contributed by atoms with van der Waals surface area (Å²) in [4.78, 5) is 21.6. The predicted octanol–water partition coefficient (Wildman–Crippen LogP) is 1.16. The molecule has 0 spiro atoms. The highest BCUT2D eigenvalue weighted by Gasteiger charge is 2.14. The fourth-order valence-corrected chi connectivity index (χ4v) is 0.796. The molecule has 0 amide bonds. The van der Waals surface area contributed by atoms with E-state index in [9.17, 15) is 9.59 Å². The quantitative estimate of drug-likeness (QED) is 0.577. The molecule has 3 nitrogen and oxygen atoms in total. The van der Waals surface area contributed by atoms with E-state index < -0.39 is 0 Å². The first kappa shape index (κ1) is 10.1. The Bertz CT molecular complexity index is 151. The Hall–Kier alpha value is -0.860. The van der Waals surface area contributed by atoms with Crippen LogP contribution >= 0.6 is 0 Å². The molecule has 1 atom stereocenters. The maximum atomic E-state index is 11.0. The monoisotopic (exact) mass is 158 g/mol. The van der Waals surface area contributed by atoms with Gasteiger partial charge in [-0.1, -0.05) is 13.8 Å². The van der Waals surface area contributed by atoms with Crippen molar-refractivity contribution in [2.45, 2.75) is 26.7 Å². The lowest BCUT2D eigenvalue weighted by atomic mass is 10.0. The number of Topliss-reactive ketones (excluding diaryl/α,β-unsaturated/α-hetero) is 1. The Morgan fingerprint density at radius 2 is 2.00 bits per heavy atom. The normalized spacial score (nSPS) is 12.3. The summed E-state index contributed by atoms with van der Waals surface area (Å²) in [6, 6.07) is 0. The van der Waals surface area contributed by atoms with Crippen molar-refractivity contribution >= 4 is 11.8 Å². The molecular formula is C8H14O3. The van der Waals surface area contributed by atoms with Crippen LogP contribution in [0.4, 0.5) is 0 Å². The molecule has 0 bridgehead atoms. The number of ether oxygens (including phenoxy) is 1. The Morgan fingerprint density at radius 3 is 2.36 bits per heavy atom. The van der Waals surface area contributed by atoms with Crippen molar-refractivity contribution in [3.63, 3.8) is 0 Å². The van der Waals surface area contributed by atoms with Crippen molar-refractivity contribution in [1.29, 1.82) is 0 Å². The van der Waals surface area contributed by atoms with Crippen molar-refractivity contribution < 1.29 is 14.3 Å². The molecule has 0 aromatic heterocycles. The summed E-state index contributed by atoms with van der Waals surface area (Å²) in [5.74, 6) is -0.415. The summed E-state index contributed by atoms with van der Waals surface area (Å²) in [5.41, 5.74) is 0. The summed E-state index contributed by atoms with van der Waals surface area (Å²) in [5, 5.41) is 0. The molecule has 64 valence electrons. The van der Waals surface area contributed by atoms with Gasteiger partial charge in [0.15, 0.2) is 0 Å². The molecule has 0 aliphatic rings. The topological polar surface area (TPSA) is 43.4 Å². The Labute approximate surface area is 66.7 Å². The van der Waals surface area contributed by atoms with Crippen LogP contribution < -0.4 is 0 Å². The standard InChI is InChI=1S/C8H14O3/c1-4-7(9)6(2)5-8(10)11-3/h6H,4-5H2,1-3H3/t6-/m1/s1. The smallest absolute Gasteiger partial charge is 0.306 e. The molecule has 0 aromatic rings. The lowest BCUT2D eigenvalue weighted by Crippen LogP contribution is -2.15. The maximum Gasteiger partial charge on any atom is 0.306 e. The fourth-order valence-electron chi connectivity index (χ4n) is 0.796. The first-order valence-electron chi connectivity index (χ1n) is 3.71. The zero-order valence-corrected chi connectivity index (χ0v) is 7.22. The van der Waals surface area contributed by atoms with Crippen molar-refractivity contribution in [1.82, 2.24) is 0 Å². The Balaban J connectivity index is 3.77. The third kappa shape index (κ3) is 3.75. The summed E-state index contributed by atoms with van der Waals surface area (Å²) in [7, 11) is 1.32. The highest BCUT2D eigenvalue weighted by atomic mass is 16.5. The number of rotatable bonds is 4. The Morgan fingerprint density at radius 1 is 1.45 bits per heavy atom. The summed E-state index contributed by atoms with van der Waals surface area (Å²) < 4.78 is 4.42. The van der Waals surface area contributed by atoms with E-state index in [1.54, 1.807) is 13.8 Å². The van der Waals surface area contributed by atoms with Gasteiger partial charge in [0.2, 0.25) is 0 Å². The maximum absolute atomic E-state index is 11.0. The molecule has 0 saturated carbocycles. The van der Waals surface area contributed by atoms with Crippen molar-refractivity contribution in [2.75, 3.05) is 7.11 Å². The number of hydrogen-bond donors (Lipinski definition) is 0. The van der Waals surface area contributed by atoms with E-state index in [-0.39, 0.29) is 24.1 Å². The average molecular weight is 158 g/mol. The minimum Gasteiger partial charge on any atom is -0.469 e. The van der Waals surface area contributed by atoms with Gasteiger partial charge in [0.1, 0.15) is 5.78 Å². The van der Waals surface area contributed by atoms with Crippen LogP contribution in [0.2, 0.25) is 0 Å². The van der Waals surface area contributed by atoms with Gasteiger partial charge >= 0.3 is 5.97 Å². The fraction of sp³-hybridized carbons (Fsp3) is 0.750. The lowest BCUT2D eigenvalue weighted by Gasteiger charge is -2.05. The minimum atomic E-state index is -0.320. The van der Waals surface area contributed by atoms with E-state index in [1.165, 1.54) is 7.11 Å². The van der Waals surface area contributed by atoms with Gasteiger partial charge in [-0.3, -0.25) is 9.59 Å². The number of hydrogen-bond acceptors (Lipinski definition) is 3. The molecule has 0 saturated heterocycles. The Kier molecular flexibility index (Phi) is 4.50. The molecule has 0 rings (SSSR count).